The van der Waals surface area contributed by atoms with Crippen LogP contribution >= 0.6 is 0 Å². The molecule has 0 aliphatic heterocycles. The first-order valence-corrected chi connectivity index (χ1v) is 8.35. The van der Waals surface area contributed by atoms with Crippen LogP contribution in [-0.4, -0.2) is 20.7 Å². The number of rotatable bonds is 3. The number of nitrogen functional groups attached to an aromatic ring is 1. The van der Waals surface area contributed by atoms with E-state index in [1.165, 1.54) is 19.2 Å². The number of hydrogen-bond donors (Lipinski definition) is 2. The van der Waals surface area contributed by atoms with E-state index in [4.69, 9.17) is 5.73 Å². The van der Waals surface area contributed by atoms with Crippen molar-refractivity contribution in [1.82, 2.24) is 15.0 Å². The second-order valence-corrected chi connectivity index (χ2v) is 6.54. The number of nitrogens with two attached hydrogens (primary N) is 1. The number of aromatic nitrogens is 3. The first-order chi connectivity index (χ1) is 12.1. The molecule has 3 aromatic rings. The van der Waals surface area contributed by atoms with Crippen LogP contribution in [0.2, 0.25) is 0 Å². The smallest absolute Gasteiger partial charge is 0.163 e. The Labute approximate surface area is 145 Å². The Bertz CT molecular complexity index is 1030. The first-order valence-electron chi connectivity index (χ1n) is 8.35. The molecule has 25 heavy (non-hydrogen) atoms. The van der Waals surface area contributed by atoms with E-state index in [1.807, 2.05) is 25.1 Å². The highest BCUT2D eigenvalue weighted by Crippen LogP contribution is 2.33. The van der Waals surface area contributed by atoms with Gasteiger partial charge in [-0.2, -0.15) is 0 Å². The van der Waals surface area contributed by atoms with Crippen molar-refractivity contribution >= 4 is 22.6 Å². The average molecular weight is 330 g/mol. The van der Waals surface area contributed by atoms with Crippen LogP contribution in [0.3, 0.4) is 0 Å². The molecule has 2 aromatic heterocycles. The van der Waals surface area contributed by atoms with Crippen molar-refractivity contribution in [2.24, 2.45) is 5.92 Å². The van der Waals surface area contributed by atoms with Crippen LogP contribution < -0.4 is 5.73 Å². The second-order valence-electron chi connectivity index (χ2n) is 6.54. The van der Waals surface area contributed by atoms with Gasteiger partial charge in [-0.1, -0.05) is 24.0 Å². The predicted molar refractivity (Wildman–Crippen MR) is 97.1 cm³/mol. The van der Waals surface area contributed by atoms with E-state index in [1.54, 1.807) is 6.20 Å². The second kappa shape index (κ2) is 6.06. The Kier molecular flexibility index (Phi) is 3.73. The number of carbonyl (C=O) groups is 1. The lowest BCUT2D eigenvalue weighted by Crippen LogP contribution is -2.01. The molecule has 1 aromatic carbocycles. The number of hydrogen-bond acceptors (Lipinski definition) is 4. The Morgan fingerprint density at radius 3 is 2.88 bits per heavy atom. The highest BCUT2D eigenvalue weighted by atomic mass is 16.1. The molecule has 1 aliphatic rings. The van der Waals surface area contributed by atoms with Gasteiger partial charge in [0.2, 0.25) is 0 Å². The largest absolute Gasteiger partial charge is 0.383 e. The highest BCUT2D eigenvalue weighted by molar-refractivity contribution is 5.97. The van der Waals surface area contributed by atoms with Gasteiger partial charge < -0.3 is 10.7 Å². The minimum atomic E-state index is 0.204. The number of Topliss-reactive ketones (excluding diaryl/α,β-unsaturated/α-hetero) is 1. The summed E-state index contributed by atoms with van der Waals surface area (Å²) in [6, 6.07) is 5.74. The molecule has 0 saturated heterocycles. The third kappa shape index (κ3) is 3.11. The zero-order valence-electron chi connectivity index (χ0n) is 14.0. The number of nitrogens with one attached hydrogen (secondary N) is 1. The van der Waals surface area contributed by atoms with Gasteiger partial charge in [0, 0.05) is 23.7 Å². The van der Waals surface area contributed by atoms with E-state index in [0.29, 0.717) is 23.8 Å². The zero-order valence-corrected chi connectivity index (χ0v) is 14.0. The molecule has 1 saturated carbocycles. The summed E-state index contributed by atoms with van der Waals surface area (Å²) in [6.45, 7) is 1.99. The maximum Gasteiger partial charge on any atom is 0.163 e. The van der Waals surface area contributed by atoms with Crippen LogP contribution in [-0.2, 0) is 0 Å². The molecule has 0 amide bonds. The molecule has 2 heterocycles. The average Bonchev–Trinajstić information content (AvgIpc) is 3.31. The van der Waals surface area contributed by atoms with Crippen molar-refractivity contribution in [2.75, 3.05) is 5.73 Å². The SMILES string of the molecule is Cc1ccc(C(=O)CC2CC2)cc1C#Cc1c[nH]c2ncnc(N)c12. The number of aryl methyl sites for hydroxylation is 1. The van der Waals surface area contributed by atoms with Crippen molar-refractivity contribution in [3.05, 3.63) is 53.0 Å². The van der Waals surface area contributed by atoms with Crippen LogP contribution in [0, 0.1) is 24.7 Å². The minimum Gasteiger partial charge on any atom is -0.383 e. The molecular formula is C20H18N4O. The van der Waals surface area contributed by atoms with E-state index >= 15 is 0 Å². The molecule has 3 N–H and O–H groups in total. The van der Waals surface area contributed by atoms with E-state index in [2.05, 4.69) is 26.8 Å². The van der Waals surface area contributed by atoms with E-state index < -0.39 is 0 Å². The van der Waals surface area contributed by atoms with E-state index in [-0.39, 0.29) is 5.78 Å². The fraction of sp³-hybridized carbons (Fsp3) is 0.250. The molecule has 5 heteroatoms. The Balaban J connectivity index is 1.68. The van der Waals surface area contributed by atoms with Crippen LogP contribution in [0.4, 0.5) is 5.82 Å². The maximum atomic E-state index is 12.3. The normalized spacial score (nSPS) is 13.5. The third-order valence-corrected chi connectivity index (χ3v) is 4.56. The van der Waals surface area contributed by atoms with Gasteiger partial charge in [0.25, 0.3) is 0 Å². The van der Waals surface area contributed by atoms with E-state index in [9.17, 15) is 4.79 Å². The van der Waals surface area contributed by atoms with Crippen LogP contribution in [0.15, 0.2) is 30.7 Å². The van der Waals surface area contributed by atoms with Gasteiger partial charge in [-0.15, -0.1) is 0 Å². The molecule has 1 aliphatic carbocycles. The van der Waals surface area contributed by atoms with Gasteiger partial charge in [-0.25, -0.2) is 9.97 Å². The molecule has 0 bridgehead atoms. The standard InChI is InChI=1S/C20H18N4O/c1-12-2-5-15(17(25)8-13-3-4-13)9-14(12)6-7-16-10-22-20-18(16)19(21)23-11-24-20/h2,5,9-11,13H,3-4,8H2,1H3,(H3,21,22,23,24). The minimum absolute atomic E-state index is 0.204. The number of H-pyrrole nitrogens is 1. The molecule has 1 fully saturated rings. The number of nitrogens with zero attached hydrogens (tertiary/aromatic N) is 2. The van der Waals surface area contributed by atoms with Crippen LogP contribution in [0.25, 0.3) is 11.0 Å². The summed E-state index contributed by atoms with van der Waals surface area (Å²) < 4.78 is 0. The molecule has 0 unspecified atom stereocenters. The Hall–Kier alpha value is -3.13. The van der Waals surface area contributed by atoms with Crippen molar-refractivity contribution in [1.29, 1.82) is 0 Å². The number of ketones is 1. The Morgan fingerprint density at radius 2 is 2.08 bits per heavy atom. The monoisotopic (exact) mass is 330 g/mol. The lowest BCUT2D eigenvalue weighted by molar-refractivity contribution is 0.0976. The van der Waals surface area contributed by atoms with Gasteiger partial charge in [-0.05, 0) is 37.3 Å². The fourth-order valence-electron chi connectivity index (χ4n) is 2.85. The number of carbonyl (C=O) groups excluding carboxylic acids is 1. The molecule has 0 radical (unpaired) electrons. The quantitative estimate of drug-likeness (QED) is 0.570. The van der Waals surface area contributed by atoms with Crippen LogP contribution in [0.1, 0.15) is 46.3 Å². The highest BCUT2D eigenvalue weighted by Gasteiger charge is 2.25. The first kappa shape index (κ1) is 15.4. The van der Waals surface area contributed by atoms with E-state index in [0.717, 1.165) is 27.6 Å². The molecule has 4 rings (SSSR count). The number of benzene rings is 1. The van der Waals surface area contributed by atoms with Crippen molar-refractivity contribution < 1.29 is 4.79 Å². The third-order valence-electron chi connectivity index (χ3n) is 4.56. The summed E-state index contributed by atoms with van der Waals surface area (Å²) in [4.78, 5) is 23.5. The fourth-order valence-corrected chi connectivity index (χ4v) is 2.85. The summed E-state index contributed by atoms with van der Waals surface area (Å²) in [5.41, 5.74) is 9.99. The molecule has 124 valence electrons. The zero-order chi connectivity index (χ0) is 17.4. The summed E-state index contributed by atoms with van der Waals surface area (Å²) in [6.07, 6.45) is 6.19. The lowest BCUT2D eigenvalue weighted by atomic mass is 10.00. The summed E-state index contributed by atoms with van der Waals surface area (Å²) >= 11 is 0. The summed E-state index contributed by atoms with van der Waals surface area (Å²) in [5.74, 6) is 7.49. The lowest BCUT2D eigenvalue weighted by Gasteiger charge is -2.03. The van der Waals surface area contributed by atoms with Gasteiger partial charge >= 0.3 is 0 Å². The number of aromatic amines is 1. The number of anilines is 1. The van der Waals surface area contributed by atoms with Gasteiger partial charge in [0.05, 0.1) is 10.9 Å². The summed E-state index contributed by atoms with van der Waals surface area (Å²) in [7, 11) is 0. The molecular weight excluding hydrogens is 312 g/mol. The van der Waals surface area contributed by atoms with Gasteiger partial charge in [0.1, 0.15) is 17.8 Å². The van der Waals surface area contributed by atoms with Crippen molar-refractivity contribution in [3.8, 4) is 11.8 Å². The molecule has 0 spiro atoms. The maximum absolute atomic E-state index is 12.3. The molecule has 0 atom stereocenters. The number of fused-ring (bicyclic) bond motifs is 1. The van der Waals surface area contributed by atoms with Gasteiger partial charge in [0.15, 0.2) is 5.78 Å². The van der Waals surface area contributed by atoms with Crippen molar-refractivity contribution in [3.63, 3.8) is 0 Å². The summed E-state index contributed by atoms with van der Waals surface area (Å²) in [5, 5.41) is 0.730. The Morgan fingerprint density at radius 1 is 1.28 bits per heavy atom. The molecule has 5 nitrogen and oxygen atoms in total. The van der Waals surface area contributed by atoms with Gasteiger partial charge in [-0.3, -0.25) is 4.79 Å². The van der Waals surface area contributed by atoms with Crippen LogP contribution in [0.5, 0.6) is 0 Å². The topological polar surface area (TPSA) is 84.7 Å². The van der Waals surface area contributed by atoms with Crippen molar-refractivity contribution in [2.45, 2.75) is 26.2 Å². The predicted octanol–water partition coefficient (Wildman–Crippen LogP) is 3.23.